The summed E-state index contributed by atoms with van der Waals surface area (Å²) in [5.41, 5.74) is 3.29. The topological polar surface area (TPSA) is 79.1 Å². The van der Waals surface area contributed by atoms with Crippen LogP contribution in [0.5, 0.6) is 11.5 Å². The first kappa shape index (κ1) is 18.5. The Hall–Kier alpha value is -2.87. The summed E-state index contributed by atoms with van der Waals surface area (Å²) < 4.78 is 12.9. The maximum absolute atomic E-state index is 12.6. The van der Waals surface area contributed by atoms with Crippen LogP contribution in [0.15, 0.2) is 41.8 Å². The number of carbonyl (C=O) groups is 1. The number of hydrogen-bond donors (Lipinski definition) is 0. The molecular formula is C20H20N4O3S. The van der Waals surface area contributed by atoms with Crippen molar-refractivity contribution in [2.45, 2.75) is 25.5 Å². The third-order valence-corrected chi connectivity index (χ3v) is 5.24. The zero-order valence-corrected chi connectivity index (χ0v) is 16.5. The lowest BCUT2D eigenvalue weighted by atomic mass is 10.1. The van der Waals surface area contributed by atoms with E-state index in [1.54, 1.807) is 24.4 Å². The van der Waals surface area contributed by atoms with Gasteiger partial charge in [-0.25, -0.2) is 9.97 Å². The maximum atomic E-state index is 12.6. The molecule has 0 saturated carbocycles. The number of ketones is 1. The molecule has 1 aliphatic rings. The van der Waals surface area contributed by atoms with Crippen molar-refractivity contribution in [1.82, 2.24) is 19.7 Å². The van der Waals surface area contributed by atoms with Crippen LogP contribution in [-0.4, -0.2) is 44.5 Å². The van der Waals surface area contributed by atoms with Crippen molar-refractivity contribution in [3.05, 3.63) is 47.9 Å². The maximum Gasteiger partial charge on any atom is 0.188 e. The first-order valence-corrected chi connectivity index (χ1v) is 10.1. The zero-order valence-electron chi connectivity index (χ0n) is 15.7. The monoisotopic (exact) mass is 396 g/mol. The SMILES string of the molecule is CCn1cc(-c2ccnc(SCC(=O)c3ccc4c(c3)OCCO4)n2)c(C)n1. The predicted molar refractivity (Wildman–Crippen MR) is 106 cm³/mol. The Bertz CT molecular complexity index is 1020. The molecule has 0 aliphatic carbocycles. The molecule has 0 unspecified atom stereocenters. The third kappa shape index (κ3) is 3.87. The van der Waals surface area contributed by atoms with E-state index in [2.05, 4.69) is 15.1 Å². The summed E-state index contributed by atoms with van der Waals surface area (Å²) in [6.45, 7) is 5.83. The fraction of sp³-hybridized carbons (Fsp3) is 0.300. The first-order valence-electron chi connectivity index (χ1n) is 9.07. The molecule has 144 valence electrons. The minimum Gasteiger partial charge on any atom is -0.486 e. The Morgan fingerprint density at radius 3 is 2.82 bits per heavy atom. The summed E-state index contributed by atoms with van der Waals surface area (Å²) in [5.74, 6) is 1.53. The van der Waals surface area contributed by atoms with Gasteiger partial charge in [0.05, 0.1) is 17.1 Å². The van der Waals surface area contributed by atoms with E-state index in [0.717, 1.165) is 23.5 Å². The van der Waals surface area contributed by atoms with Crippen molar-refractivity contribution in [3.63, 3.8) is 0 Å². The number of aromatic nitrogens is 4. The highest BCUT2D eigenvalue weighted by atomic mass is 32.2. The van der Waals surface area contributed by atoms with Crippen molar-refractivity contribution in [2.24, 2.45) is 0 Å². The number of rotatable bonds is 6. The van der Waals surface area contributed by atoms with E-state index < -0.39 is 0 Å². The van der Waals surface area contributed by atoms with E-state index in [9.17, 15) is 4.79 Å². The van der Waals surface area contributed by atoms with Gasteiger partial charge in [0.1, 0.15) is 13.2 Å². The van der Waals surface area contributed by atoms with Crippen molar-refractivity contribution >= 4 is 17.5 Å². The highest BCUT2D eigenvalue weighted by molar-refractivity contribution is 7.99. The largest absolute Gasteiger partial charge is 0.486 e. The van der Waals surface area contributed by atoms with Gasteiger partial charge in [-0.3, -0.25) is 9.48 Å². The van der Waals surface area contributed by atoms with Gasteiger partial charge in [-0.05, 0) is 38.1 Å². The fourth-order valence-corrected chi connectivity index (χ4v) is 3.65. The number of benzene rings is 1. The van der Waals surface area contributed by atoms with Gasteiger partial charge >= 0.3 is 0 Å². The number of nitrogens with zero attached hydrogens (tertiary/aromatic N) is 4. The van der Waals surface area contributed by atoms with Gasteiger partial charge in [0.15, 0.2) is 22.4 Å². The molecule has 0 N–H and O–H groups in total. The standard InChI is InChI=1S/C20H20N4O3S/c1-3-24-11-15(13(2)23-24)16-6-7-21-20(22-16)28-12-17(25)14-4-5-18-19(10-14)27-9-8-26-18/h4-7,10-11H,3,8-9,12H2,1-2H3. The minimum absolute atomic E-state index is 0.00837. The van der Waals surface area contributed by atoms with Gasteiger partial charge in [-0.15, -0.1) is 0 Å². The Kier molecular flexibility index (Phi) is 5.29. The summed E-state index contributed by atoms with van der Waals surface area (Å²) in [7, 11) is 0. The Morgan fingerprint density at radius 2 is 2.04 bits per heavy atom. The molecule has 0 bridgehead atoms. The average Bonchev–Trinajstić information content (AvgIpc) is 3.12. The van der Waals surface area contributed by atoms with Crippen molar-refractivity contribution in [2.75, 3.05) is 19.0 Å². The van der Waals surface area contributed by atoms with Crippen molar-refractivity contribution in [3.8, 4) is 22.8 Å². The van der Waals surface area contributed by atoms with Crippen molar-refractivity contribution in [1.29, 1.82) is 0 Å². The summed E-state index contributed by atoms with van der Waals surface area (Å²) in [5, 5.41) is 5.02. The lowest BCUT2D eigenvalue weighted by Gasteiger charge is -2.18. The van der Waals surface area contributed by atoms with Crippen LogP contribution in [0.25, 0.3) is 11.3 Å². The lowest BCUT2D eigenvalue weighted by Crippen LogP contribution is -2.16. The molecule has 28 heavy (non-hydrogen) atoms. The Balaban J connectivity index is 1.46. The van der Waals surface area contributed by atoms with Crippen LogP contribution < -0.4 is 9.47 Å². The highest BCUT2D eigenvalue weighted by Crippen LogP contribution is 2.31. The van der Waals surface area contributed by atoms with Crippen molar-refractivity contribution < 1.29 is 14.3 Å². The molecule has 3 heterocycles. The predicted octanol–water partition coefficient (Wildman–Crippen LogP) is 3.41. The fourth-order valence-electron chi connectivity index (χ4n) is 2.92. The van der Waals surface area contributed by atoms with Crippen LogP contribution in [-0.2, 0) is 6.54 Å². The van der Waals surface area contributed by atoms with Crippen LogP contribution in [0.2, 0.25) is 0 Å². The molecule has 1 aromatic carbocycles. The number of carbonyl (C=O) groups excluding carboxylic acids is 1. The molecule has 0 spiro atoms. The third-order valence-electron chi connectivity index (χ3n) is 4.38. The minimum atomic E-state index is -0.00837. The van der Waals surface area contributed by atoms with Gasteiger partial charge in [0.2, 0.25) is 0 Å². The molecule has 0 fully saturated rings. The highest BCUT2D eigenvalue weighted by Gasteiger charge is 2.16. The zero-order chi connectivity index (χ0) is 19.5. The molecular weight excluding hydrogens is 376 g/mol. The van der Waals surface area contributed by atoms with E-state index in [4.69, 9.17) is 9.47 Å². The van der Waals surface area contributed by atoms with Gasteiger partial charge in [0.25, 0.3) is 0 Å². The average molecular weight is 396 g/mol. The van der Waals surface area contributed by atoms with Crippen LogP contribution >= 0.6 is 11.8 Å². The van der Waals surface area contributed by atoms with Crippen LogP contribution in [0.4, 0.5) is 0 Å². The second kappa shape index (κ2) is 8.02. The molecule has 7 nitrogen and oxygen atoms in total. The summed E-state index contributed by atoms with van der Waals surface area (Å²) >= 11 is 1.32. The number of aryl methyl sites for hydroxylation is 2. The molecule has 3 aromatic rings. The van der Waals surface area contributed by atoms with Gasteiger partial charge < -0.3 is 9.47 Å². The Morgan fingerprint density at radius 1 is 1.21 bits per heavy atom. The number of ether oxygens (including phenoxy) is 2. The molecule has 4 rings (SSSR count). The molecule has 8 heteroatoms. The first-order chi connectivity index (χ1) is 13.6. The van der Waals surface area contributed by atoms with Crippen LogP contribution in [0.1, 0.15) is 23.0 Å². The second-order valence-electron chi connectivity index (χ2n) is 6.28. The second-order valence-corrected chi connectivity index (χ2v) is 7.22. The van der Waals surface area contributed by atoms with Gasteiger partial charge in [0, 0.05) is 30.1 Å². The van der Waals surface area contributed by atoms with E-state index in [0.29, 0.717) is 35.4 Å². The molecule has 0 atom stereocenters. The lowest BCUT2D eigenvalue weighted by molar-refractivity contribution is 0.102. The summed E-state index contributed by atoms with van der Waals surface area (Å²) in [6.07, 6.45) is 3.69. The number of hydrogen-bond acceptors (Lipinski definition) is 7. The number of thioether (sulfide) groups is 1. The van der Waals surface area contributed by atoms with Crippen LogP contribution in [0.3, 0.4) is 0 Å². The van der Waals surface area contributed by atoms with Gasteiger partial charge in [-0.1, -0.05) is 11.8 Å². The quantitative estimate of drug-likeness (QED) is 0.359. The molecule has 0 amide bonds. The number of Topliss-reactive ketones (excluding diaryl/α,β-unsaturated/α-hetero) is 1. The van der Waals surface area contributed by atoms with E-state index >= 15 is 0 Å². The molecule has 0 saturated heterocycles. The summed E-state index contributed by atoms with van der Waals surface area (Å²) in [6, 6.07) is 7.13. The molecule has 2 aromatic heterocycles. The molecule has 0 radical (unpaired) electrons. The Labute approximate surface area is 167 Å². The van der Waals surface area contributed by atoms with E-state index in [1.807, 2.05) is 30.8 Å². The number of fused-ring (bicyclic) bond motifs is 1. The van der Waals surface area contributed by atoms with E-state index in [-0.39, 0.29) is 11.5 Å². The van der Waals surface area contributed by atoms with Gasteiger partial charge in [-0.2, -0.15) is 5.10 Å². The normalized spacial score (nSPS) is 12.8. The molecule has 1 aliphatic heterocycles. The smallest absolute Gasteiger partial charge is 0.188 e. The van der Waals surface area contributed by atoms with E-state index in [1.165, 1.54) is 11.8 Å². The summed E-state index contributed by atoms with van der Waals surface area (Å²) in [4.78, 5) is 21.4. The van der Waals surface area contributed by atoms with Crippen LogP contribution in [0, 0.1) is 6.92 Å².